The van der Waals surface area contributed by atoms with E-state index in [0.717, 1.165) is 29.9 Å². The number of benzene rings is 1. The number of aryl methyl sites for hydroxylation is 1. The Morgan fingerprint density at radius 3 is 2.77 bits per heavy atom. The lowest BCUT2D eigenvalue weighted by Gasteiger charge is -2.21. The first-order valence-electron chi connectivity index (χ1n) is 9.22. The molecule has 6 heteroatoms. The predicted molar refractivity (Wildman–Crippen MR) is 100 cm³/mol. The van der Waals surface area contributed by atoms with Gasteiger partial charge in [0.25, 0.3) is 5.91 Å². The summed E-state index contributed by atoms with van der Waals surface area (Å²) >= 11 is 0. The second-order valence-electron chi connectivity index (χ2n) is 6.87. The fourth-order valence-corrected chi connectivity index (χ4v) is 3.49. The SMILES string of the molecule is CCc1c(C(=O)NC(C)CN2CCCC2=O)cnn1-c1ccccc1C. The Morgan fingerprint density at radius 1 is 1.35 bits per heavy atom. The van der Waals surface area contributed by atoms with Crippen molar-refractivity contribution in [2.24, 2.45) is 0 Å². The molecule has 2 heterocycles. The van der Waals surface area contributed by atoms with E-state index in [9.17, 15) is 9.59 Å². The number of carbonyl (C=O) groups excluding carboxylic acids is 2. The molecule has 2 amide bonds. The third-order valence-corrected chi connectivity index (χ3v) is 4.84. The molecular formula is C20H26N4O2. The minimum Gasteiger partial charge on any atom is -0.348 e. The van der Waals surface area contributed by atoms with Gasteiger partial charge >= 0.3 is 0 Å². The fraction of sp³-hybridized carbons (Fsp3) is 0.450. The lowest BCUT2D eigenvalue weighted by atomic mass is 10.1. The van der Waals surface area contributed by atoms with Crippen molar-refractivity contribution in [2.45, 2.75) is 46.1 Å². The molecule has 2 aromatic rings. The molecule has 1 saturated heterocycles. The second kappa shape index (κ2) is 7.72. The lowest BCUT2D eigenvalue weighted by molar-refractivity contribution is -0.127. The minimum absolute atomic E-state index is 0.101. The molecule has 1 aromatic heterocycles. The molecule has 0 radical (unpaired) electrons. The van der Waals surface area contributed by atoms with Crippen LogP contribution in [0.1, 0.15) is 48.3 Å². The monoisotopic (exact) mass is 354 g/mol. The molecule has 0 saturated carbocycles. The summed E-state index contributed by atoms with van der Waals surface area (Å²) in [4.78, 5) is 26.3. The molecular weight excluding hydrogens is 328 g/mol. The highest BCUT2D eigenvalue weighted by atomic mass is 16.2. The van der Waals surface area contributed by atoms with Gasteiger partial charge in [0.1, 0.15) is 0 Å². The van der Waals surface area contributed by atoms with Crippen molar-refractivity contribution in [3.63, 3.8) is 0 Å². The van der Waals surface area contributed by atoms with Gasteiger partial charge in [-0.25, -0.2) is 4.68 Å². The van der Waals surface area contributed by atoms with Gasteiger partial charge in [0, 0.05) is 25.6 Å². The maximum absolute atomic E-state index is 12.8. The maximum Gasteiger partial charge on any atom is 0.255 e. The Morgan fingerprint density at radius 2 is 2.12 bits per heavy atom. The van der Waals surface area contributed by atoms with Crippen molar-refractivity contribution in [3.8, 4) is 5.69 Å². The van der Waals surface area contributed by atoms with Gasteiger partial charge in [-0.05, 0) is 38.3 Å². The average Bonchev–Trinajstić information content (AvgIpc) is 3.21. The number of nitrogens with one attached hydrogen (secondary N) is 1. The van der Waals surface area contributed by atoms with Gasteiger partial charge in [0.2, 0.25) is 5.91 Å². The number of carbonyl (C=O) groups is 2. The predicted octanol–water partition coefficient (Wildman–Crippen LogP) is 2.48. The van der Waals surface area contributed by atoms with Crippen LogP contribution in [0.5, 0.6) is 0 Å². The van der Waals surface area contributed by atoms with Crippen LogP contribution >= 0.6 is 0 Å². The summed E-state index contributed by atoms with van der Waals surface area (Å²) in [6, 6.07) is 7.90. The van der Waals surface area contributed by atoms with Crippen LogP contribution in [-0.2, 0) is 11.2 Å². The van der Waals surface area contributed by atoms with E-state index in [2.05, 4.69) is 10.4 Å². The van der Waals surface area contributed by atoms with Gasteiger partial charge in [0.05, 0.1) is 23.1 Å². The summed E-state index contributed by atoms with van der Waals surface area (Å²) in [6.45, 7) is 7.32. The van der Waals surface area contributed by atoms with Gasteiger partial charge in [-0.3, -0.25) is 9.59 Å². The Balaban J connectivity index is 1.75. The summed E-state index contributed by atoms with van der Waals surface area (Å²) in [7, 11) is 0. The minimum atomic E-state index is -0.138. The Hall–Kier alpha value is -2.63. The Bertz CT molecular complexity index is 812. The van der Waals surface area contributed by atoms with Crippen LogP contribution < -0.4 is 5.32 Å². The summed E-state index contributed by atoms with van der Waals surface area (Å²) < 4.78 is 1.85. The first kappa shape index (κ1) is 18.2. The molecule has 1 aliphatic rings. The third kappa shape index (κ3) is 3.64. The van der Waals surface area contributed by atoms with Gasteiger partial charge in [0.15, 0.2) is 0 Å². The number of aromatic nitrogens is 2. The van der Waals surface area contributed by atoms with E-state index in [1.807, 2.05) is 54.6 Å². The first-order chi connectivity index (χ1) is 12.5. The molecule has 1 N–H and O–H groups in total. The molecule has 6 nitrogen and oxygen atoms in total. The summed E-state index contributed by atoms with van der Waals surface area (Å²) in [6.07, 6.45) is 3.86. The van der Waals surface area contributed by atoms with Crippen LogP contribution in [0.15, 0.2) is 30.5 Å². The smallest absolute Gasteiger partial charge is 0.255 e. The Labute approximate surface area is 154 Å². The number of hydrogen-bond acceptors (Lipinski definition) is 3. The zero-order valence-electron chi connectivity index (χ0n) is 15.7. The van der Waals surface area contributed by atoms with E-state index < -0.39 is 0 Å². The lowest BCUT2D eigenvalue weighted by Crippen LogP contribution is -2.42. The molecule has 1 unspecified atom stereocenters. The number of amides is 2. The highest BCUT2D eigenvalue weighted by Gasteiger charge is 2.24. The standard InChI is InChI=1S/C20H26N4O2/c1-4-17-16(12-21-24(17)18-9-6-5-8-14(18)2)20(26)22-15(3)13-23-11-7-10-19(23)25/h5-6,8-9,12,15H,4,7,10-11,13H2,1-3H3,(H,22,26). The fourth-order valence-electron chi connectivity index (χ4n) is 3.49. The normalized spacial score (nSPS) is 15.3. The molecule has 1 aliphatic heterocycles. The molecule has 3 rings (SSSR count). The van der Waals surface area contributed by atoms with E-state index in [4.69, 9.17) is 0 Å². The number of likely N-dealkylation sites (tertiary alicyclic amines) is 1. The van der Waals surface area contributed by atoms with Crippen LogP contribution in [0.3, 0.4) is 0 Å². The highest BCUT2D eigenvalue weighted by molar-refractivity contribution is 5.95. The van der Waals surface area contributed by atoms with E-state index in [0.29, 0.717) is 24.9 Å². The van der Waals surface area contributed by atoms with Gasteiger partial charge in [-0.15, -0.1) is 0 Å². The van der Waals surface area contributed by atoms with Crippen molar-refractivity contribution in [3.05, 3.63) is 47.3 Å². The van der Waals surface area contributed by atoms with Crippen LogP contribution in [0.4, 0.5) is 0 Å². The van der Waals surface area contributed by atoms with Crippen molar-refractivity contribution in [2.75, 3.05) is 13.1 Å². The van der Waals surface area contributed by atoms with Crippen molar-refractivity contribution >= 4 is 11.8 Å². The number of para-hydroxylation sites is 1. The van der Waals surface area contributed by atoms with Crippen LogP contribution in [0, 0.1) is 6.92 Å². The van der Waals surface area contributed by atoms with Gasteiger partial charge in [-0.2, -0.15) is 5.10 Å². The summed E-state index contributed by atoms with van der Waals surface area (Å²) in [5, 5.41) is 7.46. The number of rotatable bonds is 6. The molecule has 0 spiro atoms. The molecule has 26 heavy (non-hydrogen) atoms. The molecule has 138 valence electrons. The van der Waals surface area contributed by atoms with E-state index in [1.54, 1.807) is 6.20 Å². The third-order valence-electron chi connectivity index (χ3n) is 4.84. The molecule has 1 atom stereocenters. The zero-order chi connectivity index (χ0) is 18.7. The highest BCUT2D eigenvalue weighted by Crippen LogP contribution is 2.19. The van der Waals surface area contributed by atoms with Crippen LogP contribution in [-0.4, -0.2) is 45.6 Å². The largest absolute Gasteiger partial charge is 0.348 e. The molecule has 1 fully saturated rings. The molecule has 0 aliphatic carbocycles. The van der Waals surface area contributed by atoms with E-state index in [-0.39, 0.29) is 17.9 Å². The maximum atomic E-state index is 12.8. The topological polar surface area (TPSA) is 67.2 Å². The van der Waals surface area contributed by atoms with Crippen molar-refractivity contribution < 1.29 is 9.59 Å². The quantitative estimate of drug-likeness (QED) is 0.867. The number of hydrogen-bond donors (Lipinski definition) is 1. The van der Waals surface area contributed by atoms with Gasteiger partial charge in [-0.1, -0.05) is 25.1 Å². The zero-order valence-corrected chi connectivity index (χ0v) is 15.7. The van der Waals surface area contributed by atoms with Crippen LogP contribution in [0.2, 0.25) is 0 Å². The van der Waals surface area contributed by atoms with E-state index >= 15 is 0 Å². The Kier molecular flexibility index (Phi) is 5.40. The average molecular weight is 354 g/mol. The van der Waals surface area contributed by atoms with Crippen LogP contribution in [0.25, 0.3) is 5.69 Å². The van der Waals surface area contributed by atoms with Crippen molar-refractivity contribution in [1.82, 2.24) is 20.0 Å². The first-order valence-corrected chi connectivity index (χ1v) is 9.22. The molecule has 1 aromatic carbocycles. The molecule has 0 bridgehead atoms. The van der Waals surface area contributed by atoms with Gasteiger partial charge < -0.3 is 10.2 Å². The summed E-state index contributed by atoms with van der Waals surface area (Å²) in [5.74, 6) is 0.0357. The second-order valence-corrected chi connectivity index (χ2v) is 6.87. The summed E-state index contributed by atoms with van der Waals surface area (Å²) in [5.41, 5.74) is 3.58. The van der Waals surface area contributed by atoms with Crippen molar-refractivity contribution in [1.29, 1.82) is 0 Å². The number of nitrogens with zero attached hydrogens (tertiary/aromatic N) is 3. The van der Waals surface area contributed by atoms with E-state index in [1.165, 1.54) is 0 Å².